The standard InChI is InChI=1S/C12H12F3N3/c13-12(14,15)8-2-1-3-9-11(8)17-10-6-7(16)4-5-18(9)10/h1-3,7H,4-6,16H2. The number of aryl methyl sites for hydroxylation is 1. The molecule has 0 amide bonds. The van der Waals surface area contributed by atoms with Crippen molar-refractivity contribution in [3.8, 4) is 0 Å². The Labute approximate surface area is 101 Å². The molecule has 0 saturated carbocycles. The van der Waals surface area contributed by atoms with Crippen molar-refractivity contribution >= 4 is 11.0 Å². The van der Waals surface area contributed by atoms with E-state index in [1.54, 1.807) is 6.07 Å². The van der Waals surface area contributed by atoms with Gasteiger partial charge in [0.2, 0.25) is 0 Å². The van der Waals surface area contributed by atoms with Crippen LogP contribution in [0.25, 0.3) is 11.0 Å². The number of para-hydroxylation sites is 1. The van der Waals surface area contributed by atoms with E-state index in [1.165, 1.54) is 6.07 Å². The minimum Gasteiger partial charge on any atom is -0.328 e. The summed E-state index contributed by atoms with van der Waals surface area (Å²) in [7, 11) is 0. The Balaban J connectivity index is 2.25. The maximum Gasteiger partial charge on any atom is 0.418 e. The number of nitrogens with two attached hydrogens (primary N) is 1. The number of imidazole rings is 1. The van der Waals surface area contributed by atoms with Gasteiger partial charge in [-0.2, -0.15) is 13.2 Å². The number of halogens is 3. The topological polar surface area (TPSA) is 43.8 Å². The summed E-state index contributed by atoms with van der Waals surface area (Å²) in [5.41, 5.74) is 5.73. The lowest BCUT2D eigenvalue weighted by atomic mass is 10.1. The van der Waals surface area contributed by atoms with Gasteiger partial charge in [-0.05, 0) is 18.6 Å². The molecule has 0 bridgehead atoms. The van der Waals surface area contributed by atoms with Crippen LogP contribution in [-0.2, 0) is 19.1 Å². The average Bonchev–Trinajstić information content (AvgIpc) is 2.64. The zero-order valence-corrected chi connectivity index (χ0v) is 9.54. The van der Waals surface area contributed by atoms with Crippen molar-refractivity contribution in [1.29, 1.82) is 0 Å². The summed E-state index contributed by atoms with van der Waals surface area (Å²) >= 11 is 0. The first-order valence-electron chi connectivity index (χ1n) is 5.78. The van der Waals surface area contributed by atoms with Crippen LogP contribution in [0.4, 0.5) is 13.2 Å². The van der Waals surface area contributed by atoms with Crippen LogP contribution in [0, 0.1) is 0 Å². The lowest BCUT2D eigenvalue weighted by Crippen LogP contribution is -2.30. The van der Waals surface area contributed by atoms with E-state index in [-0.39, 0.29) is 11.6 Å². The highest BCUT2D eigenvalue weighted by Gasteiger charge is 2.34. The monoisotopic (exact) mass is 255 g/mol. The van der Waals surface area contributed by atoms with E-state index in [9.17, 15) is 13.2 Å². The summed E-state index contributed by atoms with van der Waals surface area (Å²) < 4.78 is 40.5. The Morgan fingerprint density at radius 3 is 2.83 bits per heavy atom. The molecule has 0 aliphatic carbocycles. The van der Waals surface area contributed by atoms with Gasteiger partial charge in [0.05, 0.1) is 11.1 Å². The molecule has 0 spiro atoms. The summed E-state index contributed by atoms with van der Waals surface area (Å²) in [4.78, 5) is 4.13. The third kappa shape index (κ3) is 1.68. The van der Waals surface area contributed by atoms with Gasteiger partial charge in [0.15, 0.2) is 0 Å². The van der Waals surface area contributed by atoms with Crippen molar-refractivity contribution in [3.05, 3.63) is 29.6 Å². The Bertz CT molecular complexity index is 600. The van der Waals surface area contributed by atoms with Gasteiger partial charge in [-0.25, -0.2) is 4.98 Å². The van der Waals surface area contributed by atoms with E-state index in [0.717, 1.165) is 12.5 Å². The fourth-order valence-electron chi connectivity index (χ4n) is 2.46. The van der Waals surface area contributed by atoms with Gasteiger partial charge in [-0.15, -0.1) is 0 Å². The molecular weight excluding hydrogens is 243 g/mol. The molecule has 1 aliphatic heterocycles. The second kappa shape index (κ2) is 3.71. The van der Waals surface area contributed by atoms with Crippen molar-refractivity contribution in [2.75, 3.05) is 0 Å². The fraction of sp³-hybridized carbons (Fsp3) is 0.417. The fourth-order valence-corrected chi connectivity index (χ4v) is 2.46. The third-order valence-electron chi connectivity index (χ3n) is 3.33. The number of hydrogen-bond donors (Lipinski definition) is 1. The van der Waals surface area contributed by atoms with Crippen LogP contribution in [0.15, 0.2) is 18.2 Å². The number of rotatable bonds is 0. The summed E-state index contributed by atoms with van der Waals surface area (Å²) in [5.74, 6) is 0.653. The van der Waals surface area contributed by atoms with Gasteiger partial charge in [0.25, 0.3) is 0 Å². The van der Waals surface area contributed by atoms with Gasteiger partial charge in [-0.1, -0.05) is 6.07 Å². The normalized spacial score (nSPS) is 20.1. The van der Waals surface area contributed by atoms with Gasteiger partial charge in [-0.3, -0.25) is 0 Å². The SMILES string of the molecule is NC1CCn2c(nc3c(C(F)(F)F)cccc32)C1. The molecule has 18 heavy (non-hydrogen) atoms. The Hall–Kier alpha value is -1.56. The Morgan fingerprint density at radius 1 is 1.33 bits per heavy atom. The Kier molecular flexibility index (Phi) is 2.38. The molecule has 96 valence electrons. The van der Waals surface area contributed by atoms with Gasteiger partial charge in [0, 0.05) is 19.0 Å². The van der Waals surface area contributed by atoms with Crippen LogP contribution < -0.4 is 5.73 Å². The number of nitrogens with zero attached hydrogens (tertiary/aromatic N) is 2. The number of benzene rings is 1. The predicted octanol–water partition coefficient (Wildman–Crippen LogP) is 2.33. The molecule has 1 aromatic carbocycles. The van der Waals surface area contributed by atoms with Crippen molar-refractivity contribution in [1.82, 2.24) is 9.55 Å². The molecule has 0 radical (unpaired) electrons. The summed E-state index contributed by atoms with van der Waals surface area (Å²) in [6.45, 7) is 0.633. The highest BCUT2D eigenvalue weighted by molar-refractivity contribution is 5.80. The average molecular weight is 255 g/mol. The Morgan fingerprint density at radius 2 is 2.11 bits per heavy atom. The molecule has 1 unspecified atom stereocenters. The molecule has 2 N–H and O–H groups in total. The van der Waals surface area contributed by atoms with Crippen LogP contribution in [-0.4, -0.2) is 15.6 Å². The first kappa shape index (κ1) is 11.5. The number of aromatic nitrogens is 2. The molecule has 3 nitrogen and oxygen atoms in total. The molecule has 3 rings (SSSR count). The molecule has 1 aromatic heterocycles. The molecule has 2 aromatic rings. The second-order valence-electron chi connectivity index (χ2n) is 4.60. The first-order valence-corrected chi connectivity index (χ1v) is 5.78. The molecular formula is C12H12F3N3. The minimum absolute atomic E-state index is 0.0105. The maximum absolute atomic E-state index is 12.9. The quantitative estimate of drug-likeness (QED) is 0.785. The highest BCUT2D eigenvalue weighted by Crippen LogP contribution is 2.35. The van der Waals surface area contributed by atoms with Crippen LogP contribution in [0.2, 0.25) is 0 Å². The van der Waals surface area contributed by atoms with Gasteiger partial charge in [0.1, 0.15) is 11.3 Å². The lowest BCUT2D eigenvalue weighted by Gasteiger charge is -2.19. The summed E-state index contributed by atoms with van der Waals surface area (Å²) in [5, 5.41) is 0. The van der Waals surface area contributed by atoms with Crippen molar-refractivity contribution in [2.45, 2.75) is 31.6 Å². The first-order chi connectivity index (χ1) is 8.47. The molecule has 1 atom stereocenters. The number of alkyl halides is 3. The molecule has 0 fully saturated rings. The molecule has 1 aliphatic rings. The number of hydrogen-bond acceptors (Lipinski definition) is 2. The van der Waals surface area contributed by atoms with E-state index >= 15 is 0 Å². The van der Waals surface area contributed by atoms with Crippen LogP contribution >= 0.6 is 0 Å². The van der Waals surface area contributed by atoms with Crippen molar-refractivity contribution in [2.24, 2.45) is 5.73 Å². The van der Waals surface area contributed by atoms with Crippen molar-refractivity contribution in [3.63, 3.8) is 0 Å². The van der Waals surface area contributed by atoms with Crippen molar-refractivity contribution < 1.29 is 13.2 Å². The van der Waals surface area contributed by atoms with E-state index in [4.69, 9.17) is 5.73 Å². The van der Waals surface area contributed by atoms with Crippen LogP contribution in [0.1, 0.15) is 17.8 Å². The summed E-state index contributed by atoms with van der Waals surface area (Å²) in [6, 6.07) is 4.16. The van der Waals surface area contributed by atoms with Gasteiger partial charge >= 0.3 is 6.18 Å². The second-order valence-corrected chi connectivity index (χ2v) is 4.60. The molecule has 0 saturated heterocycles. The number of fused-ring (bicyclic) bond motifs is 3. The third-order valence-corrected chi connectivity index (χ3v) is 3.33. The zero-order valence-electron chi connectivity index (χ0n) is 9.54. The minimum atomic E-state index is -4.37. The summed E-state index contributed by atoms with van der Waals surface area (Å²) in [6.07, 6.45) is -3.06. The van der Waals surface area contributed by atoms with Crippen LogP contribution in [0.5, 0.6) is 0 Å². The predicted molar refractivity (Wildman–Crippen MR) is 61.0 cm³/mol. The molecule has 6 heteroatoms. The zero-order chi connectivity index (χ0) is 12.9. The smallest absolute Gasteiger partial charge is 0.328 e. The molecule has 2 heterocycles. The highest BCUT2D eigenvalue weighted by atomic mass is 19.4. The maximum atomic E-state index is 12.9. The largest absolute Gasteiger partial charge is 0.418 e. The lowest BCUT2D eigenvalue weighted by molar-refractivity contribution is -0.136. The van der Waals surface area contributed by atoms with E-state index in [0.29, 0.717) is 24.3 Å². The van der Waals surface area contributed by atoms with E-state index in [1.807, 2.05) is 4.57 Å². The van der Waals surface area contributed by atoms with E-state index in [2.05, 4.69) is 4.98 Å². The van der Waals surface area contributed by atoms with E-state index < -0.39 is 11.7 Å². The van der Waals surface area contributed by atoms with Crippen LogP contribution in [0.3, 0.4) is 0 Å². The van der Waals surface area contributed by atoms with Gasteiger partial charge < -0.3 is 10.3 Å².